The van der Waals surface area contributed by atoms with Crippen LogP contribution in [0.1, 0.15) is 37.8 Å². The van der Waals surface area contributed by atoms with Gasteiger partial charge in [-0.1, -0.05) is 26.0 Å². The number of carbonyl (C=O) groups is 2. The minimum absolute atomic E-state index is 0.00198. The molecule has 18 nitrogen and oxygen atoms in total. The van der Waals surface area contributed by atoms with Gasteiger partial charge in [-0.2, -0.15) is 4.31 Å². The number of carboxylic acid groups (broad SMARTS) is 1. The van der Waals surface area contributed by atoms with Gasteiger partial charge in [0.2, 0.25) is 16.8 Å². The van der Waals surface area contributed by atoms with Crippen LogP contribution >= 0.6 is 0 Å². The molecule has 6 rings (SSSR count). The minimum atomic E-state index is -4.14. The third-order valence-electron chi connectivity index (χ3n) is 9.64. The van der Waals surface area contributed by atoms with Crippen LogP contribution in [0.4, 0.5) is 15.3 Å². The minimum Gasteiger partial charge on any atom is -0.494 e. The fourth-order valence-corrected chi connectivity index (χ4v) is 8.49. The van der Waals surface area contributed by atoms with Crippen LogP contribution < -0.4 is 24.3 Å². The Kier molecular flexibility index (Phi) is 13.4. The first-order chi connectivity index (χ1) is 27.3. The van der Waals surface area contributed by atoms with Gasteiger partial charge < -0.3 is 48.7 Å². The number of sulfonamides is 1. The molecule has 2 fully saturated rings. The van der Waals surface area contributed by atoms with Crippen LogP contribution in [0, 0.1) is 22.0 Å². The second-order valence-corrected chi connectivity index (χ2v) is 16.2. The molecule has 0 unspecified atom stereocenters. The molecule has 1 amide bonds. The number of carbonyl (C=O) groups excluding carboxylic acids is 1. The summed E-state index contributed by atoms with van der Waals surface area (Å²) in [7, 11) is -4.14. The van der Waals surface area contributed by atoms with E-state index < -0.39 is 51.7 Å². The Bertz CT molecular complexity index is 2010. The maximum Gasteiger partial charge on any atom is 0.511 e. The standard InChI is InChI=1S/C38H45N3O15S/c1-23(2)19-40(57(48,49)28-10-12-33-34(18-28)54-22-53-33)20-31(42)30(39-37(43)55-35-21-52-36-29(35)13-15-51-36)16-24-5-8-27(9-6-24)50-14-3-4-25-17-26(41(46)47)7-11-32(25)56-38(44)45/h5-12,17-18,23,29-31,35-36,42H,3-4,13-16,19-22H2,1-2H3,(H,39,43)(H,44,45)/t29-,30-,31+,35-,36+/m0/s1. The Labute approximate surface area is 328 Å². The van der Waals surface area contributed by atoms with Crippen LogP contribution in [0.3, 0.4) is 0 Å². The molecule has 5 atom stereocenters. The van der Waals surface area contributed by atoms with Crippen LogP contribution in [0.5, 0.6) is 23.0 Å². The summed E-state index contributed by atoms with van der Waals surface area (Å²) >= 11 is 0. The summed E-state index contributed by atoms with van der Waals surface area (Å²) in [6.07, 6.45) is -3.35. The zero-order chi connectivity index (χ0) is 40.7. The number of nitro groups is 1. The number of nitrogens with zero attached hydrogens (tertiary/aromatic N) is 2. The van der Waals surface area contributed by atoms with Crippen molar-refractivity contribution in [3.63, 3.8) is 0 Å². The van der Waals surface area contributed by atoms with E-state index in [2.05, 4.69) is 5.32 Å². The largest absolute Gasteiger partial charge is 0.511 e. The van der Waals surface area contributed by atoms with Gasteiger partial charge >= 0.3 is 12.2 Å². The number of ether oxygens (including phenoxy) is 7. The SMILES string of the molecule is CC(C)CN(C[C@@H](O)[C@H](Cc1ccc(OCCCc2cc([N+](=O)[O-])ccc2OC(=O)O)cc1)NC(=O)O[C@H]1CO[C@H]2OCC[C@H]21)S(=O)(=O)c1ccc2c(c1)OCO2. The van der Waals surface area contributed by atoms with Crippen molar-refractivity contribution >= 4 is 28.0 Å². The summed E-state index contributed by atoms with van der Waals surface area (Å²) in [5.74, 6) is 0.971. The topological polar surface area (TPSA) is 232 Å². The van der Waals surface area contributed by atoms with Gasteiger partial charge in [0.15, 0.2) is 17.8 Å². The molecule has 308 valence electrons. The number of amides is 1. The van der Waals surface area contributed by atoms with E-state index in [1.807, 2.05) is 13.8 Å². The van der Waals surface area contributed by atoms with E-state index >= 15 is 0 Å². The predicted octanol–water partition coefficient (Wildman–Crippen LogP) is 4.50. The fourth-order valence-electron chi connectivity index (χ4n) is 6.85. The highest BCUT2D eigenvalue weighted by Gasteiger charge is 2.44. The monoisotopic (exact) mass is 815 g/mol. The van der Waals surface area contributed by atoms with Gasteiger partial charge in [0, 0.05) is 36.9 Å². The molecule has 0 aliphatic carbocycles. The second kappa shape index (κ2) is 18.4. The van der Waals surface area contributed by atoms with Crippen molar-refractivity contribution in [2.45, 2.75) is 69.0 Å². The Morgan fingerprint density at radius 2 is 1.81 bits per heavy atom. The van der Waals surface area contributed by atoms with E-state index in [1.54, 1.807) is 24.3 Å². The lowest BCUT2D eigenvalue weighted by molar-refractivity contribution is -0.384. The van der Waals surface area contributed by atoms with Gasteiger partial charge in [-0.05, 0) is 67.5 Å². The maximum atomic E-state index is 14.0. The number of aliphatic hydroxyl groups excluding tert-OH is 1. The van der Waals surface area contributed by atoms with E-state index in [4.69, 9.17) is 38.3 Å². The first kappa shape index (κ1) is 41.4. The first-order valence-electron chi connectivity index (χ1n) is 18.4. The number of rotatable bonds is 18. The molecule has 2 saturated heterocycles. The molecule has 0 aromatic heterocycles. The van der Waals surface area contributed by atoms with Crippen LogP contribution in [0.25, 0.3) is 0 Å². The van der Waals surface area contributed by atoms with Gasteiger partial charge in [0.1, 0.15) is 17.6 Å². The summed E-state index contributed by atoms with van der Waals surface area (Å²) in [4.78, 5) is 35.0. The van der Waals surface area contributed by atoms with Crippen LogP contribution in [0.15, 0.2) is 65.6 Å². The first-order valence-corrected chi connectivity index (χ1v) is 19.9. The van der Waals surface area contributed by atoms with E-state index in [1.165, 1.54) is 34.6 Å². The second-order valence-electron chi connectivity index (χ2n) is 14.2. The normalized spacial score (nSPS) is 19.6. The third-order valence-corrected chi connectivity index (χ3v) is 11.5. The van der Waals surface area contributed by atoms with Gasteiger partial charge in [-0.15, -0.1) is 0 Å². The third kappa shape index (κ3) is 10.6. The average Bonchev–Trinajstić information content (AvgIpc) is 3.92. The fraction of sp³-hybridized carbons (Fsp3) is 0.474. The van der Waals surface area contributed by atoms with Crippen molar-refractivity contribution in [3.8, 4) is 23.0 Å². The predicted molar refractivity (Wildman–Crippen MR) is 199 cm³/mol. The molecule has 3 aromatic rings. The lowest BCUT2D eigenvalue weighted by atomic mass is 10.0. The van der Waals surface area contributed by atoms with E-state index in [-0.39, 0.29) is 74.1 Å². The number of aryl methyl sites for hydroxylation is 1. The lowest BCUT2D eigenvalue weighted by Gasteiger charge is -2.31. The molecule has 3 aromatic carbocycles. The number of nitrogens with one attached hydrogen (secondary N) is 1. The number of hydrogen-bond acceptors (Lipinski definition) is 14. The van der Waals surface area contributed by atoms with E-state index in [9.17, 15) is 33.2 Å². The zero-order valence-corrected chi connectivity index (χ0v) is 32.1. The maximum absolute atomic E-state index is 14.0. The van der Waals surface area contributed by atoms with Gasteiger partial charge in [0.05, 0.1) is 47.7 Å². The number of nitro benzene ring substituents is 1. The zero-order valence-electron chi connectivity index (χ0n) is 31.3. The summed E-state index contributed by atoms with van der Waals surface area (Å²) < 4.78 is 67.4. The molecule has 19 heteroatoms. The molecule has 3 aliphatic heterocycles. The van der Waals surface area contributed by atoms with Crippen LogP contribution in [0.2, 0.25) is 0 Å². The van der Waals surface area contributed by atoms with Crippen molar-refractivity contribution in [3.05, 3.63) is 81.9 Å². The smallest absolute Gasteiger partial charge is 0.494 e. The molecule has 3 heterocycles. The molecule has 0 bridgehead atoms. The highest BCUT2D eigenvalue weighted by Crippen LogP contribution is 2.35. The molecule has 0 saturated carbocycles. The molecule has 0 spiro atoms. The van der Waals surface area contributed by atoms with Gasteiger partial charge in [-0.3, -0.25) is 10.1 Å². The van der Waals surface area contributed by atoms with Gasteiger partial charge in [-0.25, -0.2) is 18.0 Å². The number of aliphatic hydroxyl groups is 1. The molecule has 57 heavy (non-hydrogen) atoms. The quantitative estimate of drug-likeness (QED) is 0.0528. The van der Waals surface area contributed by atoms with Gasteiger partial charge in [0.25, 0.3) is 5.69 Å². The number of alkyl carbamates (subject to hydrolysis) is 1. The number of non-ortho nitro benzene ring substituents is 1. The van der Waals surface area contributed by atoms with Crippen molar-refractivity contribution in [2.75, 3.05) is 39.7 Å². The summed E-state index contributed by atoms with van der Waals surface area (Å²) in [6.45, 7) is 4.25. The van der Waals surface area contributed by atoms with E-state index in [0.29, 0.717) is 47.8 Å². The van der Waals surface area contributed by atoms with E-state index in [0.717, 1.165) is 6.07 Å². The molecular formula is C38H45N3O15S. The molecule has 3 aliphatic rings. The van der Waals surface area contributed by atoms with Crippen LogP contribution in [-0.4, -0.2) is 104 Å². The van der Waals surface area contributed by atoms with Crippen molar-refractivity contribution in [2.24, 2.45) is 11.8 Å². The number of benzene rings is 3. The van der Waals surface area contributed by atoms with Crippen molar-refractivity contribution in [1.29, 1.82) is 0 Å². The Morgan fingerprint density at radius 3 is 2.54 bits per heavy atom. The Balaban J connectivity index is 1.13. The van der Waals surface area contributed by atoms with Crippen molar-refractivity contribution < 1.29 is 66.3 Å². The van der Waals surface area contributed by atoms with Crippen LogP contribution in [-0.2, 0) is 37.1 Å². The van der Waals surface area contributed by atoms with Crippen molar-refractivity contribution in [1.82, 2.24) is 9.62 Å². The number of fused-ring (bicyclic) bond motifs is 2. The molecular weight excluding hydrogens is 770 g/mol. The lowest BCUT2D eigenvalue weighted by Crippen LogP contribution is -2.51. The highest BCUT2D eigenvalue weighted by molar-refractivity contribution is 7.89. The Morgan fingerprint density at radius 1 is 1.04 bits per heavy atom. The summed E-state index contributed by atoms with van der Waals surface area (Å²) in [5.41, 5.74) is 0.823. The number of hydrogen-bond donors (Lipinski definition) is 3. The average molecular weight is 816 g/mol. The summed E-state index contributed by atoms with van der Waals surface area (Å²) in [5, 5.41) is 34.8. The Hall–Kier alpha value is -5.21. The highest BCUT2D eigenvalue weighted by atomic mass is 32.2. The molecule has 0 radical (unpaired) electrons. The summed E-state index contributed by atoms with van der Waals surface area (Å²) in [6, 6.07) is 13.8. The molecule has 3 N–H and O–H groups in total.